The van der Waals surface area contributed by atoms with Crippen molar-refractivity contribution in [3.05, 3.63) is 59.2 Å². The van der Waals surface area contributed by atoms with E-state index < -0.39 is 0 Å². The van der Waals surface area contributed by atoms with E-state index in [-0.39, 0.29) is 17.1 Å². The van der Waals surface area contributed by atoms with Crippen LogP contribution in [-0.2, 0) is 18.3 Å². The van der Waals surface area contributed by atoms with E-state index >= 15 is 0 Å². The summed E-state index contributed by atoms with van der Waals surface area (Å²) in [7, 11) is 4.56. The van der Waals surface area contributed by atoms with Crippen LogP contribution in [-0.4, -0.2) is 59.8 Å². The first-order valence-corrected chi connectivity index (χ1v) is 11.6. The van der Waals surface area contributed by atoms with E-state index in [1.807, 2.05) is 6.07 Å². The number of hydrogen-bond acceptors (Lipinski definition) is 4. The minimum atomic E-state index is 0.00429. The van der Waals surface area contributed by atoms with Crippen LogP contribution < -0.4 is 4.74 Å². The molecule has 2 bridgehead atoms. The number of rotatable bonds is 4. The molecular formula is C26H32N2O2. The van der Waals surface area contributed by atoms with Gasteiger partial charge in [0.2, 0.25) is 0 Å². The molecule has 6 rings (SSSR count). The molecule has 2 aromatic rings. The van der Waals surface area contributed by atoms with Gasteiger partial charge >= 0.3 is 0 Å². The number of aromatic hydroxyl groups is 1. The molecule has 2 heterocycles. The van der Waals surface area contributed by atoms with E-state index in [0.29, 0.717) is 11.8 Å². The molecule has 0 amide bonds. The van der Waals surface area contributed by atoms with Gasteiger partial charge in [-0.15, -0.1) is 0 Å². The summed E-state index contributed by atoms with van der Waals surface area (Å²) in [6, 6.07) is 15.4. The summed E-state index contributed by atoms with van der Waals surface area (Å²) >= 11 is 0. The van der Waals surface area contributed by atoms with E-state index in [9.17, 15) is 5.11 Å². The summed E-state index contributed by atoms with van der Waals surface area (Å²) in [5, 5.41) is 10.6. The number of benzene rings is 2. The molecule has 0 radical (unpaired) electrons. The van der Waals surface area contributed by atoms with Gasteiger partial charge in [-0.1, -0.05) is 36.4 Å². The van der Waals surface area contributed by atoms with E-state index in [2.05, 4.69) is 60.3 Å². The third-order valence-corrected chi connectivity index (χ3v) is 8.80. The fraction of sp³-hybridized carbons (Fsp3) is 0.538. The Hall–Kier alpha value is -2.04. The van der Waals surface area contributed by atoms with Crippen molar-refractivity contribution in [1.82, 2.24) is 9.80 Å². The smallest absolute Gasteiger partial charge is 0.165 e. The topological polar surface area (TPSA) is 35.9 Å². The molecular weight excluding hydrogens is 372 g/mol. The van der Waals surface area contributed by atoms with Crippen molar-refractivity contribution in [2.45, 2.75) is 61.6 Å². The first-order chi connectivity index (χ1) is 14.6. The van der Waals surface area contributed by atoms with E-state index in [4.69, 9.17) is 4.74 Å². The lowest BCUT2D eigenvalue weighted by Crippen LogP contribution is -2.79. The zero-order valence-corrected chi connectivity index (χ0v) is 18.1. The van der Waals surface area contributed by atoms with Crippen molar-refractivity contribution in [1.29, 1.82) is 0 Å². The third-order valence-electron chi connectivity index (χ3n) is 8.80. The molecule has 2 aliphatic carbocycles. The summed E-state index contributed by atoms with van der Waals surface area (Å²) < 4.78 is 6.55. The highest BCUT2D eigenvalue weighted by atomic mass is 16.5. The largest absolute Gasteiger partial charge is 0.504 e. The fourth-order valence-electron chi connectivity index (χ4n) is 7.73. The predicted octanol–water partition coefficient (Wildman–Crippen LogP) is 3.75. The lowest BCUT2D eigenvalue weighted by Gasteiger charge is -2.68. The molecule has 4 nitrogen and oxygen atoms in total. The normalized spacial score (nSPS) is 34.0. The number of nitrogens with zero attached hydrogens (tertiary/aromatic N) is 2. The van der Waals surface area contributed by atoms with Gasteiger partial charge in [0.1, 0.15) is 6.10 Å². The summed E-state index contributed by atoms with van der Waals surface area (Å²) in [6.07, 6.45) is 6.95. The Morgan fingerprint density at radius 1 is 1.13 bits per heavy atom. The monoisotopic (exact) mass is 404 g/mol. The number of likely N-dealkylation sites (N-methyl/N-ethyl adjacent to an activating group) is 1. The number of piperidine rings is 1. The van der Waals surface area contributed by atoms with Crippen LogP contribution in [0.25, 0.3) is 0 Å². The number of ether oxygens (including phenoxy) is 1. The first-order valence-electron chi connectivity index (χ1n) is 11.6. The quantitative estimate of drug-likeness (QED) is 0.842. The Morgan fingerprint density at radius 2 is 1.97 bits per heavy atom. The number of hydrogen-bond donors (Lipinski definition) is 1. The van der Waals surface area contributed by atoms with Gasteiger partial charge in [-0.3, -0.25) is 4.90 Å². The van der Waals surface area contributed by atoms with Crippen molar-refractivity contribution in [2.75, 3.05) is 27.2 Å². The lowest BCUT2D eigenvalue weighted by atomic mass is 9.47. The molecule has 2 aliphatic heterocycles. The maximum absolute atomic E-state index is 10.6. The molecule has 1 saturated heterocycles. The Morgan fingerprint density at radius 3 is 2.77 bits per heavy atom. The maximum Gasteiger partial charge on any atom is 0.165 e. The zero-order chi connectivity index (χ0) is 20.5. The van der Waals surface area contributed by atoms with Crippen LogP contribution in [0.1, 0.15) is 42.4 Å². The van der Waals surface area contributed by atoms with Crippen LogP contribution in [0.5, 0.6) is 11.5 Å². The molecule has 2 aromatic carbocycles. The van der Waals surface area contributed by atoms with Crippen LogP contribution in [0.4, 0.5) is 0 Å². The zero-order valence-electron chi connectivity index (χ0n) is 18.1. The Kier molecular flexibility index (Phi) is 4.04. The van der Waals surface area contributed by atoms with Crippen LogP contribution in [0.2, 0.25) is 0 Å². The second-order valence-corrected chi connectivity index (χ2v) is 9.98. The van der Waals surface area contributed by atoms with Gasteiger partial charge in [-0.05, 0) is 76.4 Å². The number of phenolic OH excluding ortho intramolecular Hbond substituents is 1. The van der Waals surface area contributed by atoms with Crippen LogP contribution >= 0.6 is 0 Å². The van der Waals surface area contributed by atoms with Gasteiger partial charge in [0.15, 0.2) is 11.5 Å². The molecule has 4 heteroatoms. The SMILES string of the molecule is CN(C)[C@@]12CCC[C@@H]3Oc4c(O)ccc5c4[C@@]31CCN(CCc1ccccc1)[C@@H]2C5. The molecule has 1 saturated carbocycles. The highest BCUT2D eigenvalue weighted by molar-refractivity contribution is 5.62. The average Bonchev–Trinajstić information content (AvgIpc) is 3.10. The molecule has 1 spiro atoms. The first kappa shape index (κ1) is 18.7. The van der Waals surface area contributed by atoms with Crippen molar-refractivity contribution >= 4 is 0 Å². The molecule has 2 fully saturated rings. The molecule has 1 N–H and O–H groups in total. The molecule has 4 aliphatic rings. The summed E-state index contributed by atoms with van der Waals surface area (Å²) in [6.45, 7) is 2.22. The Bertz CT molecular complexity index is 974. The van der Waals surface area contributed by atoms with Crippen molar-refractivity contribution in [3.63, 3.8) is 0 Å². The molecule has 0 unspecified atom stereocenters. The second-order valence-electron chi connectivity index (χ2n) is 9.98. The summed E-state index contributed by atoms with van der Waals surface area (Å²) in [5.74, 6) is 1.12. The Labute approximate surface area is 179 Å². The van der Waals surface area contributed by atoms with Gasteiger partial charge in [0.25, 0.3) is 0 Å². The average molecular weight is 405 g/mol. The van der Waals surface area contributed by atoms with E-state index in [1.54, 1.807) is 0 Å². The van der Waals surface area contributed by atoms with Gasteiger partial charge in [-0.25, -0.2) is 0 Å². The second kappa shape index (κ2) is 6.48. The van der Waals surface area contributed by atoms with Crippen LogP contribution in [0, 0.1) is 0 Å². The molecule has 158 valence electrons. The van der Waals surface area contributed by atoms with Crippen molar-refractivity contribution in [3.8, 4) is 11.5 Å². The molecule has 30 heavy (non-hydrogen) atoms. The minimum Gasteiger partial charge on any atom is -0.504 e. The van der Waals surface area contributed by atoms with Gasteiger partial charge in [0.05, 0.1) is 5.41 Å². The predicted molar refractivity (Wildman–Crippen MR) is 118 cm³/mol. The minimum absolute atomic E-state index is 0.00429. The fourth-order valence-corrected chi connectivity index (χ4v) is 7.73. The molecule has 0 aromatic heterocycles. The number of likely N-dealkylation sites (tertiary alicyclic amines) is 1. The van der Waals surface area contributed by atoms with Gasteiger partial charge < -0.3 is 14.7 Å². The Balaban J connectivity index is 1.46. The van der Waals surface area contributed by atoms with Crippen LogP contribution in [0.3, 0.4) is 0 Å². The van der Waals surface area contributed by atoms with Crippen LogP contribution in [0.15, 0.2) is 42.5 Å². The molecule has 4 atom stereocenters. The summed E-state index contributed by atoms with van der Waals surface area (Å²) in [5.41, 5.74) is 4.24. The van der Waals surface area contributed by atoms with Gasteiger partial charge in [-0.2, -0.15) is 0 Å². The van der Waals surface area contributed by atoms with Crippen molar-refractivity contribution < 1.29 is 9.84 Å². The van der Waals surface area contributed by atoms with Gasteiger partial charge in [0, 0.05) is 23.7 Å². The highest BCUT2D eigenvalue weighted by Crippen LogP contribution is 2.66. The maximum atomic E-state index is 10.6. The summed E-state index contributed by atoms with van der Waals surface area (Å²) in [4.78, 5) is 5.30. The highest BCUT2D eigenvalue weighted by Gasteiger charge is 2.71. The van der Waals surface area contributed by atoms with Crippen molar-refractivity contribution in [2.24, 2.45) is 0 Å². The number of phenols is 1. The van der Waals surface area contributed by atoms with E-state index in [1.165, 1.54) is 29.5 Å². The van der Waals surface area contributed by atoms with E-state index in [0.717, 1.165) is 44.5 Å². The lowest BCUT2D eigenvalue weighted by molar-refractivity contribution is -0.134. The third kappa shape index (κ3) is 2.19. The standard InChI is InChI=1S/C26H32N2O2/c1-27(2)26-13-6-9-22-25(26)14-16-28(15-12-18-7-4-3-5-8-18)21(26)17-19-10-11-20(29)24(30-22)23(19)25/h3-5,7-8,10-11,21-22,29H,6,9,12-17H2,1-2H3/t21-,22+,25-,26-/m1/s1.